The van der Waals surface area contributed by atoms with Gasteiger partial charge >= 0.3 is 0 Å². The number of aromatic nitrogens is 1. The van der Waals surface area contributed by atoms with E-state index >= 15 is 0 Å². The molecule has 1 atom stereocenters. The van der Waals surface area contributed by atoms with Gasteiger partial charge in [0.05, 0.1) is 13.2 Å². The zero-order chi connectivity index (χ0) is 18.0. The number of aryl methyl sites for hydroxylation is 1. The molecule has 0 spiro atoms. The van der Waals surface area contributed by atoms with E-state index in [2.05, 4.69) is 54.6 Å². The molecule has 132 valence electrons. The van der Waals surface area contributed by atoms with E-state index in [-0.39, 0.29) is 11.6 Å². The third kappa shape index (κ3) is 4.02. The van der Waals surface area contributed by atoms with Gasteiger partial charge in [0.25, 0.3) is 0 Å². The molecule has 2 N–H and O–H groups in total. The minimum Gasteiger partial charge on any atom is -0.493 e. The monoisotopic (exact) mass is 357 g/mol. The topological polar surface area (TPSA) is 55.4 Å². The van der Waals surface area contributed by atoms with Crippen LogP contribution in [0, 0.1) is 6.92 Å². The Balaban J connectivity index is 1.79. The molecule has 0 aliphatic carbocycles. The first-order chi connectivity index (χ1) is 11.9. The van der Waals surface area contributed by atoms with Crippen LogP contribution >= 0.6 is 12.2 Å². The van der Waals surface area contributed by atoms with Gasteiger partial charge in [-0.1, -0.05) is 12.1 Å². The molecule has 5 nitrogen and oxygen atoms in total. The number of pyridine rings is 1. The van der Waals surface area contributed by atoms with Gasteiger partial charge in [0, 0.05) is 18.2 Å². The van der Waals surface area contributed by atoms with E-state index in [0.29, 0.717) is 16.7 Å². The van der Waals surface area contributed by atoms with Crippen LogP contribution in [0.5, 0.6) is 11.5 Å². The Morgan fingerprint density at radius 1 is 1.36 bits per heavy atom. The van der Waals surface area contributed by atoms with Crippen LogP contribution in [0.2, 0.25) is 0 Å². The normalized spacial score (nSPS) is 17.8. The van der Waals surface area contributed by atoms with Crippen LogP contribution < -0.4 is 20.1 Å². The number of nitrogens with one attached hydrogen (secondary N) is 2. The van der Waals surface area contributed by atoms with E-state index < -0.39 is 0 Å². The van der Waals surface area contributed by atoms with Gasteiger partial charge in [0.1, 0.15) is 11.4 Å². The Labute approximate surface area is 153 Å². The van der Waals surface area contributed by atoms with Gasteiger partial charge in [-0.2, -0.15) is 0 Å². The predicted molar refractivity (Wildman–Crippen MR) is 103 cm³/mol. The fourth-order valence-electron chi connectivity index (χ4n) is 3.04. The molecule has 2 heterocycles. The predicted octanol–water partition coefficient (Wildman–Crippen LogP) is 3.99. The first kappa shape index (κ1) is 17.5. The Morgan fingerprint density at radius 2 is 2.16 bits per heavy atom. The third-order valence-corrected chi connectivity index (χ3v) is 4.37. The molecule has 0 radical (unpaired) electrons. The van der Waals surface area contributed by atoms with Crippen molar-refractivity contribution in [3.63, 3.8) is 0 Å². The molecule has 1 aliphatic rings. The average molecular weight is 357 g/mol. The Hall–Kier alpha value is -2.34. The first-order valence-electron chi connectivity index (χ1n) is 8.24. The molecular weight excluding hydrogens is 334 g/mol. The zero-order valence-electron chi connectivity index (χ0n) is 14.9. The largest absolute Gasteiger partial charge is 0.493 e. The van der Waals surface area contributed by atoms with Crippen LogP contribution in [0.1, 0.15) is 37.4 Å². The Kier molecular flexibility index (Phi) is 4.81. The molecule has 1 aromatic heterocycles. The molecule has 0 bridgehead atoms. The van der Waals surface area contributed by atoms with Crippen molar-refractivity contribution < 1.29 is 9.47 Å². The molecule has 1 aliphatic heterocycles. The molecule has 0 fully saturated rings. The summed E-state index contributed by atoms with van der Waals surface area (Å²) in [7, 11) is 1.61. The van der Waals surface area contributed by atoms with E-state index in [1.807, 2.05) is 12.1 Å². The lowest BCUT2D eigenvalue weighted by atomic mass is 9.89. The van der Waals surface area contributed by atoms with E-state index in [1.165, 1.54) is 5.56 Å². The summed E-state index contributed by atoms with van der Waals surface area (Å²) in [5, 5.41) is 7.02. The van der Waals surface area contributed by atoms with Crippen LogP contribution in [0.25, 0.3) is 0 Å². The molecule has 1 aromatic carbocycles. The fraction of sp³-hybridized carbons (Fsp3) is 0.368. The molecular formula is C19H23N3O2S. The standard InChI is InChI=1S/C19H23N3O2S/c1-12-7-8-13-14(11-19(2,3)24-16(13)10-12)21-18(25)22-17-15(23-4)6-5-9-20-17/h5-10,14H,11H2,1-4H3,(H2,20,21,22,25)/t14-/m1/s1. The summed E-state index contributed by atoms with van der Waals surface area (Å²) in [6.45, 7) is 6.24. The molecule has 0 amide bonds. The number of hydrogen-bond acceptors (Lipinski definition) is 4. The maximum atomic E-state index is 6.13. The molecule has 6 heteroatoms. The lowest BCUT2D eigenvalue weighted by Gasteiger charge is -2.38. The summed E-state index contributed by atoms with van der Waals surface area (Å²) in [6, 6.07) is 9.99. The van der Waals surface area contributed by atoms with Gasteiger partial charge in [-0.15, -0.1) is 0 Å². The number of methoxy groups -OCH3 is 1. The number of ether oxygens (including phenoxy) is 2. The van der Waals surface area contributed by atoms with E-state index in [1.54, 1.807) is 13.3 Å². The van der Waals surface area contributed by atoms with Gasteiger partial charge in [-0.3, -0.25) is 0 Å². The minimum atomic E-state index is -0.267. The van der Waals surface area contributed by atoms with Crippen molar-refractivity contribution >= 4 is 23.1 Å². The maximum absolute atomic E-state index is 6.13. The quantitative estimate of drug-likeness (QED) is 0.810. The van der Waals surface area contributed by atoms with Crippen molar-refractivity contribution in [1.82, 2.24) is 10.3 Å². The molecule has 0 saturated heterocycles. The summed E-state index contributed by atoms with van der Waals surface area (Å²) in [5.74, 6) is 2.15. The lowest BCUT2D eigenvalue weighted by Crippen LogP contribution is -2.42. The summed E-state index contributed by atoms with van der Waals surface area (Å²) >= 11 is 5.50. The average Bonchev–Trinajstić information content (AvgIpc) is 2.53. The molecule has 3 rings (SSSR count). The second-order valence-electron chi connectivity index (χ2n) is 6.81. The van der Waals surface area contributed by atoms with E-state index in [4.69, 9.17) is 21.7 Å². The van der Waals surface area contributed by atoms with Gasteiger partial charge in [-0.25, -0.2) is 4.98 Å². The summed E-state index contributed by atoms with van der Waals surface area (Å²) in [6.07, 6.45) is 2.51. The number of thiocarbonyl (C=S) groups is 1. The van der Waals surface area contributed by atoms with Crippen molar-refractivity contribution in [2.45, 2.75) is 38.8 Å². The summed E-state index contributed by atoms with van der Waals surface area (Å²) in [5.41, 5.74) is 2.02. The number of fused-ring (bicyclic) bond motifs is 1. The molecule has 0 unspecified atom stereocenters. The third-order valence-electron chi connectivity index (χ3n) is 4.15. The summed E-state index contributed by atoms with van der Waals surface area (Å²) < 4.78 is 11.4. The van der Waals surface area contributed by atoms with Gasteiger partial charge in [-0.05, 0) is 56.8 Å². The molecule has 25 heavy (non-hydrogen) atoms. The van der Waals surface area contributed by atoms with Crippen molar-refractivity contribution in [2.24, 2.45) is 0 Å². The minimum absolute atomic E-state index is 0.0639. The first-order valence-corrected chi connectivity index (χ1v) is 8.65. The van der Waals surface area contributed by atoms with Crippen molar-refractivity contribution in [3.8, 4) is 11.5 Å². The number of rotatable bonds is 3. The van der Waals surface area contributed by atoms with Gasteiger partial charge in [0.2, 0.25) is 0 Å². The Morgan fingerprint density at radius 3 is 2.92 bits per heavy atom. The number of benzene rings is 1. The van der Waals surface area contributed by atoms with E-state index in [9.17, 15) is 0 Å². The van der Waals surface area contributed by atoms with Crippen LogP contribution in [0.3, 0.4) is 0 Å². The fourth-order valence-corrected chi connectivity index (χ4v) is 3.28. The molecule has 2 aromatic rings. The highest BCUT2D eigenvalue weighted by Gasteiger charge is 2.34. The number of nitrogens with zero attached hydrogens (tertiary/aromatic N) is 1. The lowest BCUT2D eigenvalue weighted by molar-refractivity contribution is 0.0696. The van der Waals surface area contributed by atoms with Crippen LogP contribution in [-0.2, 0) is 0 Å². The highest BCUT2D eigenvalue weighted by molar-refractivity contribution is 7.80. The van der Waals surface area contributed by atoms with Crippen molar-refractivity contribution in [3.05, 3.63) is 47.7 Å². The number of hydrogen-bond donors (Lipinski definition) is 2. The van der Waals surface area contributed by atoms with Gasteiger partial charge < -0.3 is 20.1 Å². The second kappa shape index (κ2) is 6.88. The van der Waals surface area contributed by atoms with Gasteiger partial charge in [0.15, 0.2) is 16.7 Å². The summed E-state index contributed by atoms with van der Waals surface area (Å²) in [4.78, 5) is 4.28. The zero-order valence-corrected chi connectivity index (χ0v) is 15.7. The van der Waals surface area contributed by atoms with E-state index in [0.717, 1.165) is 17.7 Å². The second-order valence-corrected chi connectivity index (χ2v) is 7.22. The van der Waals surface area contributed by atoms with Crippen LogP contribution in [0.4, 0.5) is 5.82 Å². The van der Waals surface area contributed by atoms with Crippen LogP contribution in [0.15, 0.2) is 36.5 Å². The SMILES string of the molecule is COc1cccnc1NC(=S)N[C@@H]1CC(C)(C)Oc2cc(C)ccc21. The Bertz CT molecular complexity index is 792. The highest BCUT2D eigenvalue weighted by atomic mass is 32.1. The molecule has 0 saturated carbocycles. The van der Waals surface area contributed by atoms with Crippen molar-refractivity contribution in [1.29, 1.82) is 0 Å². The van der Waals surface area contributed by atoms with Crippen molar-refractivity contribution in [2.75, 3.05) is 12.4 Å². The number of anilines is 1. The highest BCUT2D eigenvalue weighted by Crippen LogP contribution is 2.39. The maximum Gasteiger partial charge on any atom is 0.174 e. The smallest absolute Gasteiger partial charge is 0.174 e. The van der Waals surface area contributed by atoms with Crippen LogP contribution in [-0.4, -0.2) is 22.8 Å².